The van der Waals surface area contributed by atoms with Crippen molar-refractivity contribution in [3.63, 3.8) is 0 Å². The molecule has 8 heteroatoms. The van der Waals surface area contributed by atoms with Gasteiger partial charge in [0.2, 0.25) is 5.91 Å². The number of halogens is 2. The Bertz CT molecular complexity index is 885. The van der Waals surface area contributed by atoms with Crippen LogP contribution in [0.5, 0.6) is 11.5 Å². The Morgan fingerprint density at radius 2 is 1.78 bits per heavy atom. The van der Waals surface area contributed by atoms with Gasteiger partial charge in [-0.1, -0.05) is 36.4 Å². The van der Waals surface area contributed by atoms with Crippen LogP contribution in [0.2, 0.25) is 0 Å². The fourth-order valence-electron chi connectivity index (χ4n) is 3.56. The Hall–Kier alpha value is -2.97. The van der Waals surface area contributed by atoms with E-state index in [4.69, 9.17) is 4.74 Å². The SMILES string of the molecule is COc1cc(/C=C/C(=O)NCCN2CCN(Cc3ccccc3)CC2)ccc1OC(F)F. The lowest BCUT2D eigenvalue weighted by atomic mass is 10.2. The first-order chi connectivity index (χ1) is 15.5. The van der Waals surface area contributed by atoms with Gasteiger partial charge < -0.3 is 14.8 Å². The van der Waals surface area contributed by atoms with Gasteiger partial charge in [-0.2, -0.15) is 8.78 Å². The van der Waals surface area contributed by atoms with Crippen molar-refractivity contribution in [2.24, 2.45) is 0 Å². The molecule has 1 N–H and O–H groups in total. The van der Waals surface area contributed by atoms with Crippen molar-refractivity contribution in [1.29, 1.82) is 0 Å². The van der Waals surface area contributed by atoms with Crippen LogP contribution in [0.4, 0.5) is 8.78 Å². The van der Waals surface area contributed by atoms with E-state index >= 15 is 0 Å². The Morgan fingerprint density at radius 1 is 1.06 bits per heavy atom. The molecule has 0 radical (unpaired) electrons. The molecule has 172 valence electrons. The second-order valence-corrected chi connectivity index (χ2v) is 7.52. The molecule has 1 aliphatic heterocycles. The third-order valence-electron chi connectivity index (χ3n) is 5.27. The van der Waals surface area contributed by atoms with E-state index in [-0.39, 0.29) is 17.4 Å². The van der Waals surface area contributed by atoms with Gasteiger partial charge in [-0.05, 0) is 29.3 Å². The molecule has 0 atom stereocenters. The molecule has 1 amide bonds. The number of hydrogen-bond donors (Lipinski definition) is 1. The number of piperazine rings is 1. The third kappa shape index (κ3) is 7.62. The molecule has 2 aromatic carbocycles. The highest BCUT2D eigenvalue weighted by atomic mass is 19.3. The number of hydrogen-bond acceptors (Lipinski definition) is 5. The molecule has 1 aliphatic rings. The van der Waals surface area contributed by atoms with E-state index in [9.17, 15) is 13.6 Å². The lowest BCUT2D eigenvalue weighted by Gasteiger charge is -2.34. The fraction of sp³-hybridized carbons (Fsp3) is 0.375. The zero-order valence-electron chi connectivity index (χ0n) is 18.2. The minimum absolute atomic E-state index is 0.0482. The number of rotatable bonds is 10. The van der Waals surface area contributed by atoms with E-state index in [1.807, 2.05) is 6.07 Å². The highest BCUT2D eigenvalue weighted by molar-refractivity contribution is 5.91. The first-order valence-corrected chi connectivity index (χ1v) is 10.6. The maximum absolute atomic E-state index is 12.4. The summed E-state index contributed by atoms with van der Waals surface area (Å²) < 4.78 is 34.3. The normalized spacial score (nSPS) is 15.2. The van der Waals surface area contributed by atoms with Crippen LogP contribution in [0, 0.1) is 0 Å². The highest BCUT2D eigenvalue weighted by Gasteiger charge is 2.16. The first kappa shape index (κ1) is 23.7. The van der Waals surface area contributed by atoms with Gasteiger partial charge in [0.05, 0.1) is 7.11 Å². The van der Waals surface area contributed by atoms with Gasteiger partial charge in [0, 0.05) is 51.9 Å². The highest BCUT2D eigenvalue weighted by Crippen LogP contribution is 2.29. The molecule has 32 heavy (non-hydrogen) atoms. The molecule has 0 aliphatic carbocycles. The number of ether oxygens (including phenoxy) is 2. The van der Waals surface area contributed by atoms with Gasteiger partial charge in [-0.3, -0.25) is 14.6 Å². The third-order valence-corrected chi connectivity index (χ3v) is 5.27. The summed E-state index contributed by atoms with van der Waals surface area (Å²) in [6.45, 7) is 3.37. The topological polar surface area (TPSA) is 54.0 Å². The number of alkyl halides is 2. The quantitative estimate of drug-likeness (QED) is 0.569. The van der Waals surface area contributed by atoms with Gasteiger partial charge in [0.1, 0.15) is 0 Å². The van der Waals surface area contributed by atoms with Gasteiger partial charge in [0.25, 0.3) is 0 Å². The minimum atomic E-state index is -2.93. The number of nitrogens with one attached hydrogen (secondary N) is 1. The second-order valence-electron chi connectivity index (χ2n) is 7.52. The maximum atomic E-state index is 12.4. The summed E-state index contributed by atoms with van der Waals surface area (Å²) in [7, 11) is 1.37. The number of nitrogens with zero attached hydrogens (tertiary/aromatic N) is 2. The lowest BCUT2D eigenvalue weighted by molar-refractivity contribution is -0.116. The van der Waals surface area contributed by atoms with Crippen LogP contribution >= 0.6 is 0 Å². The minimum Gasteiger partial charge on any atom is -0.493 e. The molecule has 0 spiro atoms. The van der Waals surface area contributed by atoms with Crippen LogP contribution in [-0.2, 0) is 11.3 Å². The van der Waals surface area contributed by atoms with Crippen molar-refractivity contribution in [3.05, 3.63) is 65.7 Å². The Balaban J connectivity index is 1.37. The first-order valence-electron chi connectivity index (χ1n) is 10.6. The maximum Gasteiger partial charge on any atom is 0.387 e. The number of benzene rings is 2. The smallest absolute Gasteiger partial charge is 0.387 e. The lowest BCUT2D eigenvalue weighted by Crippen LogP contribution is -2.47. The summed E-state index contributed by atoms with van der Waals surface area (Å²) in [5.41, 5.74) is 1.97. The van der Waals surface area contributed by atoms with Crippen LogP contribution in [0.3, 0.4) is 0 Å². The molecular formula is C24H29F2N3O3. The largest absolute Gasteiger partial charge is 0.493 e. The molecule has 0 unspecified atom stereocenters. The van der Waals surface area contributed by atoms with Gasteiger partial charge in [-0.25, -0.2) is 0 Å². The van der Waals surface area contributed by atoms with E-state index in [0.29, 0.717) is 12.1 Å². The summed E-state index contributed by atoms with van der Waals surface area (Å²) >= 11 is 0. The van der Waals surface area contributed by atoms with Crippen LogP contribution < -0.4 is 14.8 Å². The van der Waals surface area contributed by atoms with Gasteiger partial charge >= 0.3 is 6.61 Å². The van der Waals surface area contributed by atoms with E-state index < -0.39 is 6.61 Å². The van der Waals surface area contributed by atoms with Crippen LogP contribution in [0.15, 0.2) is 54.6 Å². The molecule has 2 aromatic rings. The number of carbonyl (C=O) groups excluding carboxylic acids is 1. The molecule has 0 bridgehead atoms. The van der Waals surface area contributed by atoms with Crippen LogP contribution in [0.25, 0.3) is 6.08 Å². The zero-order chi connectivity index (χ0) is 22.8. The summed E-state index contributed by atoms with van der Waals surface area (Å²) in [5.74, 6) is -0.0770. The average Bonchev–Trinajstić information content (AvgIpc) is 2.80. The number of methoxy groups -OCH3 is 1. The predicted molar refractivity (Wildman–Crippen MR) is 120 cm³/mol. The van der Waals surface area contributed by atoms with Crippen molar-refractivity contribution < 1.29 is 23.0 Å². The Kier molecular flexibility index (Phi) is 9.01. The van der Waals surface area contributed by atoms with Crippen LogP contribution in [-0.4, -0.2) is 68.7 Å². The van der Waals surface area contributed by atoms with E-state index in [2.05, 4.69) is 44.1 Å². The van der Waals surface area contributed by atoms with E-state index in [1.54, 1.807) is 12.1 Å². The fourth-order valence-corrected chi connectivity index (χ4v) is 3.56. The van der Waals surface area contributed by atoms with Crippen molar-refractivity contribution in [1.82, 2.24) is 15.1 Å². The number of carbonyl (C=O) groups is 1. The number of amides is 1. The van der Waals surface area contributed by atoms with Crippen molar-refractivity contribution in [2.75, 3.05) is 46.4 Å². The van der Waals surface area contributed by atoms with Crippen molar-refractivity contribution in [2.45, 2.75) is 13.2 Å². The standard InChI is InChI=1S/C24H29F2N3O3/c1-31-22-17-19(7-9-21(22)32-24(25)26)8-10-23(30)27-11-12-28-13-15-29(16-14-28)18-20-5-3-2-4-6-20/h2-10,17,24H,11-16,18H2,1H3,(H,27,30)/b10-8+. The molecule has 1 heterocycles. The Morgan fingerprint density at radius 3 is 2.47 bits per heavy atom. The Labute approximate surface area is 187 Å². The monoisotopic (exact) mass is 445 g/mol. The van der Waals surface area contributed by atoms with E-state index in [1.165, 1.54) is 30.9 Å². The molecular weight excluding hydrogens is 416 g/mol. The summed E-state index contributed by atoms with van der Waals surface area (Å²) in [6, 6.07) is 15.0. The zero-order valence-corrected chi connectivity index (χ0v) is 18.2. The van der Waals surface area contributed by atoms with Gasteiger partial charge in [-0.15, -0.1) is 0 Å². The van der Waals surface area contributed by atoms with E-state index in [0.717, 1.165) is 39.3 Å². The molecule has 1 saturated heterocycles. The van der Waals surface area contributed by atoms with Gasteiger partial charge in [0.15, 0.2) is 11.5 Å². The molecule has 6 nitrogen and oxygen atoms in total. The van der Waals surface area contributed by atoms with Crippen LogP contribution in [0.1, 0.15) is 11.1 Å². The molecule has 3 rings (SSSR count). The predicted octanol–water partition coefficient (Wildman–Crippen LogP) is 3.24. The molecule has 0 aromatic heterocycles. The summed E-state index contributed by atoms with van der Waals surface area (Å²) in [5, 5.41) is 2.88. The van der Waals surface area contributed by atoms with Crippen molar-refractivity contribution >= 4 is 12.0 Å². The van der Waals surface area contributed by atoms with Crippen molar-refractivity contribution in [3.8, 4) is 11.5 Å². The summed E-state index contributed by atoms with van der Waals surface area (Å²) in [4.78, 5) is 16.9. The summed E-state index contributed by atoms with van der Waals surface area (Å²) in [6.07, 6.45) is 3.02. The molecule has 1 fully saturated rings. The average molecular weight is 446 g/mol. The molecule has 0 saturated carbocycles. The second kappa shape index (κ2) is 12.2.